The van der Waals surface area contributed by atoms with Crippen LogP contribution in [0.5, 0.6) is 0 Å². The van der Waals surface area contributed by atoms with Gasteiger partial charge in [-0.15, -0.1) is 0 Å². The normalized spacial score (nSPS) is 33.7. The van der Waals surface area contributed by atoms with Gasteiger partial charge in [0.1, 0.15) is 6.29 Å². The molecule has 0 spiro atoms. The van der Waals surface area contributed by atoms with Crippen LogP contribution < -0.4 is 5.73 Å². The highest BCUT2D eigenvalue weighted by molar-refractivity contribution is 5.49. The summed E-state index contributed by atoms with van der Waals surface area (Å²) in [5.74, 6) is 0.478. The summed E-state index contributed by atoms with van der Waals surface area (Å²) < 4.78 is 0. The minimum atomic E-state index is 0.291. The summed E-state index contributed by atoms with van der Waals surface area (Å²) in [4.78, 5) is 10.2. The third-order valence-corrected chi connectivity index (χ3v) is 2.37. The van der Waals surface area contributed by atoms with Crippen LogP contribution in [0.15, 0.2) is 0 Å². The van der Waals surface area contributed by atoms with Gasteiger partial charge in [0, 0.05) is 12.5 Å². The second-order valence-corrected chi connectivity index (χ2v) is 3.11. The van der Waals surface area contributed by atoms with Gasteiger partial charge < -0.3 is 10.5 Å². The highest BCUT2D eigenvalue weighted by atomic mass is 16.1. The van der Waals surface area contributed by atoms with E-state index in [0.29, 0.717) is 18.4 Å². The molecular formula is C8H15NO. The van der Waals surface area contributed by atoms with E-state index >= 15 is 0 Å². The van der Waals surface area contributed by atoms with Gasteiger partial charge in [-0.2, -0.15) is 0 Å². The van der Waals surface area contributed by atoms with Crippen molar-refractivity contribution < 1.29 is 4.79 Å². The minimum Gasteiger partial charge on any atom is -0.327 e. The van der Waals surface area contributed by atoms with E-state index in [4.69, 9.17) is 5.73 Å². The van der Waals surface area contributed by atoms with Crippen LogP contribution in [0.25, 0.3) is 0 Å². The van der Waals surface area contributed by atoms with Crippen molar-refractivity contribution >= 4 is 6.29 Å². The lowest BCUT2D eigenvalue weighted by molar-refractivity contribution is -0.108. The third kappa shape index (κ3) is 1.81. The van der Waals surface area contributed by atoms with Crippen LogP contribution in [0.3, 0.4) is 0 Å². The molecule has 2 heteroatoms. The van der Waals surface area contributed by atoms with E-state index in [9.17, 15) is 4.79 Å². The van der Waals surface area contributed by atoms with Gasteiger partial charge in [-0.1, -0.05) is 12.8 Å². The first-order chi connectivity index (χ1) is 4.84. The van der Waals surface area contributed by atoms with Gasteiger partial charge in [0.2, 0.25) is 0 Å². The number of carbonyl (C=O) groups is 1. The van der Waals surface area contributed by atoms with E-state index in [2.05, 4.69) is 0 Å². The molecule has 2 N–H and O–H groups in total. The van der Waals surface area contributed by atoms with Crippen LogP contribution in [0.2, 0.25) is 0 Å². The van der Waals surface area contributed by atoms with Gasteiger partial charge >= 0.3 is 0 Å². The van der Waals surface area contributed by atoms with Crippen LogP contribution in [0.1, 0.15) is 32.1 Å². The third-order valence-electron chi connectivity index (χ3n) is 2.37. The Morgan fingerprint density at radius 3 is 2.70 bits per heavy atom. The molecule has 0 unspecified atom stereocenters. The zero-order valence-corrected chi connectivity index (χ0v) is 6.25. The summed E-state index contributed by atoms with van der Waals surface area (Å²) in [6.07, 6.45) is 6.43. The van der Waals surface area contributed by atoms with E-state index in [-0.39, 0.29) is 0 Å². The van der Waals surface area contributed by atoms with Gasteiger partial charge in [-0.05, 0) is 18.8 Å². The number of hydrogen-bond acceptors (Lipinski definition) is 2. The first kappa shape index (κ1) is 7.73. The van der Waals surface area contributed by atoms with E-state index in [1.54, 1.807) is 0 Å². The Kier molecular flexibility index (Phi) is 2.87. The average molecular weight is 141 g/mol. The molecule has 0 aliphatic heterocycles. The lowest BCUT2D eigenvalue weighted by atomic mass is 9.83. The number of rotatable bonds is 2. The van der Waals surface area contributed by atoms with Gasteiger partial charge in [0.25, 0.3) is 0 Å². The number of hydrogen-bond donors (Lipinski definition) is 1. The number of nitrogens with two attached hydrogens (primary N) is 1. The molecule has 10 heavy (non-hydrogen) atoms. The first-order valence-electron chi connectivity index (χ1n) is 4.04. The summed E-state index contributed by atoms with van der Waals surface area (Å²) in [6, 6.07) is 0.291. The minimum absolute atomic E-state index is 0.291. The Hall–Kier alpha value is -0.370. The summed E-state index contributed by atoms with van der Waals surface area (Å²) >= 11 is 0. The Morgan fingerprint density at radius 1 is 1.40 bits per heavy atom. The van der Waals surface area contributed by atoms with Crippen molar-refractivity contribution in [3.05, 3.63) is 0 Å². The van der Waals surface area contributed by atoms with Crippen LogP contribution in [0.4, 0.5) is 0 Å². The van der Waals surface area contributed by atoms with Crippen molar-refractivity contribution in [1.29, 1.82) is 0 Å². The predicted octanol–water partition coefficient (Wildman–Crippen LogP) is 1.09. The zero-order valence-electron chi connectivity index (χ0n) is 6.25. The molecule has 2 atom stereocenters. The van der Waals surface area contributed by atoms with Crippen molar-refractivity contribution in [3.63, 3.8) is 0 Å². The van der Waals surface area contributed by atoms with E-state index in [1.165, 1.54) is 12.8 Å². The van der Waals surface area contributed by atoms with Gasteiger partial charge in [0.15, 0.2) is 0 Å². The lowest BCUT2D eigenvalue weighted by Gasteiger charge is -2.26. The van der Waals surface area contributed by atoms with E-state index < -0.39 is 0 Å². The quantitative estimate of drug-likeness (QED) is 0.585. The fourth-order valence-electron chi connectivity index (χ4n) is 1.65. The molecule has 0 heterocycles. The molecule has 1 aliphatic carbocycles. The summed E-state index contributed by atoms with van der Waals surface area (Å²) in [7, 11) is 0. The van der Waals surface area contributed by atoms with Gasteiger partial charge in [-0.25, -0.2) is 0 Å². The lowest BCUT2D eigenvalue weighted by Crippen LogP contribution is -2.33. The molecule has 1 saturated carbocycles. The summed E-state index contributed by atoms with van der Waals surface area (Å²) in [6.45, 7) is 0. The Bertz CT molecular complexity index is 114. The molecule has 0 aromatic carbocycles. The molecule has 1 aliphatic rings. The second-order valence-electron chi connectivity index (χ2n) is 3.11. The molecule has 2 nitrogen and oxygen atoms in total. The highest BCUT2D eigenvalue weighted by Crippen LogP contribution is 2.24. The number of aldehydes is 1. The van der Waals surface area contributed by atoms with Gasteiger partial charge in [0.05, 0.1) is 0 Å². The molecule has 0 saturated heterocycles. The maximum absolute atomic E-state index is 10.2. The maximum Gasteiger partial charge on any atom is 0.120 e. The fourth-order valence-corrected chi connectivity index (χ4v) is 1.65. The van der Waals surface area contributed by atoms with Gasteiger partial charge in [-0.3, -0.25) is 0 Å². The average Bonchev–Trinajstić information content (AvgIpc) is 1.94. The van der Waals surface area contributed by atoms with Crippen molar-refractivity contribution in [1.82, 2.24) is 0 Å². The van der Waals surface area contributed by atoms with Crippen molar-refractivity contribution in [2.24, 2.45) is 11.7 Å². The molecule has 1 rings (SSSR count). The number of carbonyl (C=O) groups excluding carboxylic acids is 1. The molecule has 0 bridgehead atoms. The van der Waals surface area contributed by atoms with Crippen molar-refractivity contribution in [2.45, 2.75) is 38.1 Å². The van der Waals surface area contributed by atoms with Crippen LogP contribution in [-0.4, -0.2) is 12.3 Å². The van der Waals surface area contributed by atoms with E-state index in [0.717, 1.165) is 19.1 Å². The maximum atomic E-state index is 10.2. The Balaban J connectivity index is 2.32. The second kappa shape index (κ2) is 3.71. The molecule has 0 radical (unpaired) electrons. The fraction of sp³-hybridized carbons (Fsp3) is 0.875. The van der Waals surface area contributed by atoms with Crippen molar-refractivity contribution in [3.8, 4) is 0 Å². The molecule has 1 fully saturated rings. The summed E-state index contributed by atoms with van der Waals surface area (Å²) in [5, 5.41) is 0. The van der Waals surface area contributed by atoms with Crippen LogP contribution >= 0.6 is 0 Å². The SMILES string of the molecule is N[C@H]1CCCC[C@@H]1CC=O. The Morgan fingerprint density at radius 2 is 2.10 bits per heavy atom. The molecular weight excluding hydrogens is 126 g/mol. The smallest absolute Gasteiger partial charge is 0.120 e. The van der Waals surface area contributed by atoms with Crippen molar-refractivity contribution in [2.75, 3.05) is 0 Å². The molecule has 58 valence electrons. The monoisotopic (exact) mass is 141 g/mol. The largest absolute Gasteiger partial charge is 0.327 e. The standard InChI is InChI=1S/C8H15NO/c9-8-4-2-1-3-7(8)5-6-10/h6-8H,1-5,9H2/t7-,8+/m1/s1. The van der Waals surface area contributed by atoms with Crippen LogP contribution in [0, 0.1) is 5.92 Å². The molecule has 0 aromatic rings. The molecule has 0 amide bonds. The molecule has 0 aromatic heterocycles. The predicted molar refractivity (Wildman–Crippen MR) is 40.6 cm³/mol. The van der Waals surface area contributed by atoms with E-state index in [1.807, 2.05) is 0 Å². The first-order valence-corrected chi connectivity index (χ1v) is 4.04. The zero-order chi connectivity index (χ0) is 7.40. The Labute approximate surface area is 61.8 Å². The summed E-state index contributed by atoms with van der Waals surface area (Å²) in [5.41, 5.74) is 5.81. The van der Waals surface area contributed by atoms with Crippen LogP contribution in [-0.2, 0) is 4.79 Å². The topological polar surface area (TPSA) is 43.1 Å². The highest BCUT2D eigenvalue weighted by Gasteiger charge is 2.20.